The molecule has 8 nitrogen and oxygen atoms in total. The van der Waals surface area contributed by atoms with Gasteiger partial charge in [-0.25, -0.2) is 10.2 Å². The van der Waals surface area contributed by atoms with E-state index in [1.807, 2.05) is 12.1 Å². The summed E-state index contributed by atoms with van der Waals surface area (Å²) >= 11 is 0. The molecule has 8 heteroatoms. The molecule has 0 aromatic heterocycles. The lowest BCUT2D eigenvalue weighted by atomic mass is 10.0. The molecular formula is C17H22N4O4. The quantitative estimate of drug-likeness (QED) is 0.862. The number of aryl methyl sites for hydroxylation is 1. The third kappa shape index (κ3) is 4.39. The summed E-state index contributed by atoms with van der Waals surface area (Å²) in [5.41, 5.74) is 4.24. The average molecular weight is 346 g/mol. The van der Waals surface area contributed by atoms with Crippen molar-refractivity contribution in [3.05, 3.63) is 29.3 Å². The zero-order valence-corrected chi connectivity index (χ0v) is 14.7. The van der Waals surface area contributed by atoms with Crippen LogP contribution in [0.2, 0.25) is 0 Å². The number of nitriles is 1. The van der Waals surface area contributed by atoms with Gasteiger partial charge in [0.05, 0.1) is 11.8 Å². The number of carbonyl (C=O) groups is 2. The highest BCUT2D eigenvalue weighted by Gasteiger charge is 2.37. The second-order valence-electron chi connectivity index (χ2n) is 6.80. The fourth-order valence-electron chi connectivity index (χ4n) is 2.60. The largest absolute Gasteiger partial charge is 0.481 e. The normalized spacial score (nSPS) is 16.9. The van der Waals surface area contributed by atoms with Crippen LogP contribution in [0.25, 0.3) is 0 Å². The maximum atomic E-state index is 12.0. The molecule has 0 fully saturated rings. The number of hydrogen-bond acceptors (Lipinski definition) is 6. The molecule has 2 N–H and O–H groups in total. The number of carboxylic acid groups (broad SMARTS) is 1. The minimum atomic E-state index is -0.873. The number of carboxylic acids is 1. The first-order valence-corrected chi connectivity index (χ1v) is 7.89. The molecule has 0 unspecified atom stereocenters. The van der Waals surface area contributed by atoms with Crippen LogP contribution in [0, 0.1) is 11.3 Å². The molecule has 2 rings (SSSR count). The van der Waals surface area contributed by atoms with Gasteiger partial charge in [0, 0.05) is 19.0 Å². The molecule has 25 heavy (non-hydrogen) atoms. The van der Waals surface area contributed by atoms with Crippen molar-refractivity contribution < 1.29 is 19.4 Å². The summed E-state index contributed by atoms with van der Waals surface area (Å²) < 4.78 is 5.24. The number of ether oxygens (including phenoxy) is 1. The Balaban J connectivity index is 2.20. The number of fused-ring (bicyclic) bond motifs is 1. The number of aliphatic carboxylic acids is 1. The third-order valence-corrected chi connectivity index (χ3v) is 3.66. The van der Waals surface area contributed by atoms with Gasteiger partial charge in [-0.1, -0.05) is 12.1 Å². The SMILES string of the molecule is CN1c2ccc(CCC(=O)O)cc2[C@@H](C#N)N1NC(=O)OC(C)(C)C. The van der Waals surface area contributed by atoms with Gasteiger partial charge in [0.2, 0.25) is 0 Å². The van der Waals surface area contributed by atoms with E-state index in [1.54, 1.807) is 38.9 Å². The minimum Gasteiger partial charge on any atom is -0.481 e. The fraction of sp³-hybridized carbons (Fsp3) is 0.471. The van der Waals surface area contributed by atoms with E-state index >= 15 is 0 Å². The van der Waals surface area contributed by atoms with Crippen LogP contribution in [0.5, 0.6) is 0 Å². The van der Waals surface area contributed by atoms with E-state index in [0.717, 1.165) is 11.3 Å². The van der Waals surface area contributed by atoms with Gasteiger partial charge in [-0.2, -0.15) is 5.26 Å². The van der Waals surface area contributed by atoms with Crippen molar-refractivity contribution >= 4 is 17.7 Å². The molecule has 0 radical (unpaired) electrons. The highest BCUT2D eigenvalue weighted by Crippen LogP contribution is 2.38. The molecule has 1 heterocycles. The van der Waals surface area contributed by atoms with E-state index in [4.69, 9.17) is 9.84 Å². The Morgan fingerprint density at radius 1 is 1.40 bits per heavy atom. The van der Waals surface area contributed by atoms with Crippen molar-refractivity contribution in [2.24, 2.45) is 0 Å². The molecule has 1 aromatic rings. The predicted octanol–water partition coefficient (Wildman–Crippen LogP) is 2.37. The number of carbonyl (C=O) groups excluding carboxylic acids is 1. The van der Waals surface area contributed by atoms with Crippen molar-refractivity contribution in [3.8, 4) is 6.07 Å². The Morgan fingerprint density at radius 2 is 2.08 bits per heavy atom. The van der Waals surface area contributed by atoms with E-state index in [9.17, 15) is 14.9 Å². The van der Waals surface area contributed by atoms with Crippen molar-refractivity contribution in [1.29, 1.82) is 5.26 Å². The maximum Gasteiger partial charge on any atom is 0.423 e. The van der Waals surface area contributed by atoms with Gasteiger partial charge in [0.25, 0.3) is 0 Å². The Bertz CT molecular complexity index is 720. The molecule has 1 aliphatic heterocycles. The summed E-state index contributed by atoms with van der Waals surface area (Å²) in [6.45, 7) is 5.27. The number of anilines is 1. The molecule has 0 saturated carbocycles. The van der Waals surface area contributed by atoms with Crippen molar-refractivity contribution in [3.63, 3.8) is 0 Å². The first-order valence-electron chi connectivity index (χ1n) is 7.89. The smallest absolute Gasteiger partial charge is 0.423 e. The highest BCUT2D eigenvalue weighted by atomic mass is 16.6. The van der Waals surface area contributed by atoms with Crippen LogP contribution in [-0.2, 0) is 16.0 Å². The Labute approximate surface area is 146 Å². The molecule has 0 spiro atoms. The zero-order valence-electron chi connectivity index (χ0n) is 14.7. The summed E-state index contributed by atoms with van der Waals surface area (Å²) in [5, 5.41) is 21.4. The standard InChI is InChI=1S/C17H22N4O4/c1-17(2,3)25-16(24)19-21-14(10-18)12-9-11(6-8-15(22)23)5-7-13(12)20(21)4/h5,7,9,14H,6,8H2,1-4H3,(H,19,24)(H,22,23)/t14-/m1/s1. The number of hydrogen-bond donors (Lipinski definition) is 2. The van der Waals surface area contributed by atoms with Crippen LogP contribution < -0.4 is 10.4 Å². The number of amides is 1. The highest BCUT2D eigenvalue weighted by molar-refractivity contribution is 5.69. The minimum absolute atomic E-state index is 0.0196. The third-order valence-electron chi connectivity index (χ3n) is 3.66. The average Bonchev–Trinajstić information content (AvgIpc) is 2.75. The molecule has 0 aliphatic carbocycles. The monoisotopic (exact) mass is 346 g/mol. The molecule has 0 saturated heterocycles. The van der Waals surface area contributed by atoms with Gasteiger partial charge in [0.15, 0.2) is 6.04 Å². The summed E-state index contributed by atoms with van der Waals surface area (Å²) in [4.78, 5) is 22.8. The summed E-state index contributed by atoms with van der Waals surface area (Å²) in [5.74, 6) is -0.873. The lowest BCUT2D eigenvalue weighted by Crippen LogP contribution is -2.51. The molecule has 1 amide bonds. The fourth-order valence-corrected chi connectivity index (χ4v) is 2.60. The number of benzene rings is 1. The topological polar surface area (TPSA) is 106 Å². The van der Waals surface area contributed by atoms with Gasteiger partial charge >= 0.3 is 12.1 Å². The van der Waals surface area contributed by atoms with Gasteiger partial charge in [0.1, 0.15) is 5.60 Å². The Morgan fingerprint density at radius 3 is 2.64 bits per heavy atom. The van der Waals surface area contributed by atoms with Crippen LogP contribution in [-0.4, -0.2) is 34.9 Å². The number of hydrazine groups is 2. The maximum absolute atomic E-state index is 12.0. The molecule has 1 aliphatic rings. The second kappa shape index (κ2) is 6.99. The van der Waals surface area contributed by atoms with Crippen molar-refractivity contribution in [2.75, 3.05) is 12.1 Å². The van der Waals surface area contributed by atoms with E-state index in [1.165, 1.54) is 5.12 Å². The summed E-state index contributed by atoms with van der Waals surface area (Å²) in [6, 6.07) is 6.88. The number of nitrogens with one attached hydrogen (secondary N) is 1. The van der Waals surface area contributed by atoms with Gasteiger partial charge in [-0.3, -0.25) is 9.80 Å². The van der Waals surface area contributed by atoms with Crippen molar-refractivity contribution in [1.82, 2.24) is 10.5 Å². The van der Waals surface area contributed by atoms with Crippen LogP contribution in [0.3, 0.4) is 0 Å². The summed E-state index contributed by atoms with van der Waals surface area (Å²) in [7, 11) is 1.73. The van der Waals surface area contributed by atoms with E-state index < -0.39 is 23.7 Å². The van der Waals surface area contributed by atoms with Crippen LogP contribution in [0.1, 0.15) is 44.4 Å². The second-order valence-corrected chi connectivity index (χ2v) is 6.80. The zero-order chi connectivity index (χ0) is 18.8. The van der Waals surface area contributed by atoms with Crippen LogP contribution >= 0.6 is 0 Å². The van der Waals surface area contributed by atoms with Crippen LogP contribution in [0.4, 0.5) is 10.5 Å². The molecule has 0 bridgehead atoms. The van der Waals surface area contributed by atoms with Crippen molar-refractivity contribution in [2.45, 2.75) is 45.3 Å². The summed E-state index contributed by atoms with van der Waals surface area (Å²) in [6.07, 6.45) is -0.256. The lowest BCUT2D eigenvalue weighted by Gasteiger charge is -2.29. The van der Waals surface area contributed by atoms with Gasteiger partial charge in [-0.05, 0) is 38.8 Å². The van der Waals surface area contributed by atoms with Gasteiger partial charge < -0.3 is 9.84 Å². The van der Waals surface area contributed by atoms with E-state index in [2.05, 4.69) is 11.5 Å². The molecule has 1 aromatic carbocycles. The number of rotatable bonds is 4. The Kier molecular flexibility index (Phi) is 5.18. The first-order chi connectivity index (χ1) is 11.6. The van der Waals surface area contributed by atoms with E-state index in [-0.39, 0.29) is 6.42 Å². The molecule has 134 valence electrons. The van der Waals surface area contributed by atoms with Gasteiger partial charge in [-0.15, -0.1) is 5.12 Å². The van der Waals surface area contributed by atoms with Crippen LogP contribution in [0.15, 0.2) is 18.2 Å². The Hall–Kier alpha value is -2.79. The first kappa shape index (κ1) is 18.5. The van der Waals surface area contributed by atoms with E-state index in [0.29, 0.717) is 12.0 Å². The predicted molar refractivity (Wildman–Crippen MR) is 90.4 cm³/mol. The number of nitrogens with zero attached hydrogens (tertiary/aromatic N) is 3. The molecule has 1 atom stereocenters. The lowest BCUT2D eigenvalue weighted by molar-refractivity contribution is -0.136. The molecular weight excluding hydrogens is 324 g/mol.